The van der Waals surface area contributed by atoms with E-state index in [9.17, 15) is 0 Å². The molecule has 2 aromatic rings. The topological polar surface area (TPSA) is 42.7 Å². The molecule has 1 heterocycles. The van der Waals surface area contributed by atoms with Crippen LogP contribution in [0, 0.1) is 6.92 Å². The van der Waals surface area contributed by atoms with Crippen molar-refractivity contribution < 1.29 is 0 Å². The molecule has 0 aliphatic rings. The maximum Gasteiger partial charge on any atom is 0.150 e. The van der Waals surface area contributed by atoms with Gasteiger partial charge in [0.05, 0.1) is 0 Å². The highest BCUT2D eigenvalue weighted by Crippen LogP contribution is 2.08. The molecular weight excluding hydrogens is 236 g/mol. The van der Waals surface area contributed by atoms with Gasteiger partial charge >= 0.3 is 0 Å². The highest BCUT2D eigenvalue weighted by atomic mass is 15.3. The summed E-state index contributed by atoms with van der Waals surface area (Å²) in [6.45, 7) is 5.12. The highest BCUT2D eigenvalue weighted by molar-refractivity contribution is 5.44. The Kier molecular flexibility index (Phi) is 4.55. The molecule has 0 radical (unpaired) electrons. The smallest absolute Gasteiger partial charge is 0.150 e. The second kappa shape index (κ2) is 6.36. The number of nitrogens with one attached hydrogen (secondary N) is 1. The van der Waals surface area contributed by atoms with Gasteiger partial charge in [0.15, 0.2) is 5.82 Å². The zero-order valence-corrected chi connectivity index (χ0v) is 12.0. The van der Waals surface area contributed by atoms with Gasteiger partial charge in [0.1, 0.15) is 5.82 Å². The van der Waals surface area contributed by atoms with Crippen molar-refractivity contribution in [3.63, 3.8) is 0 Å². The van der Waals surface area contributed by atoms with E-state index in [1.54, 1.807) is 0 Å². The summed E-state index contributed by atoms with van der Waals surface area (Å²) in [5.41, 5.74) is 2.43. The Morgan fingerprint density at radius 1 is 1.16 bits per heavy atom. The van der Waals surface area contributed by atoms with Crippen LogP contribution >= 0.6 is 0 Å². The Bertz CT molecular complexity index is 513. The molecule has 2 rings (SSSR count). The molecule has 4 nitrogen and oxygen atoms in total. The fourth-order valence-corrected chi connectivity index (χ4v) is 2.01. The Morgan fingerprint density at radius 2 is 1.89 bits per heavy atom. The van der Waals surface area contributed by atoms with Crippen molar-refractivity contribution in [1.29, 1.82) is 0 Å². The highest BCUT2D eigenvalue weighted by Gasteiger charge is 2.05. The normalized spacial score (nSPS) is 10.7. The second-order valence-electron chi connectivity index (χ2n) is 4.86. The van der Waals surface area contributed by atoms with Gasteiger partial charge in [-0.2, -0.15) is 5.10 Å². The molecule has 0 saturated carbocycles. The molecule has 1 aromatic heterocycles. The van der Waals surface area contributed by atoms with E-state index in [0.717, 1.165) is 43.1 Å². The summed E-state index contributed by atoms with van der Waals surface area (Å²) < 4.78 is 1.89. The summed E-state index contributed by atoms with van der Waals surface area (Å²) in [4.78, 5) is 4.56. The quantitative estimate of drug-likeness (QED) is 0.866. The largest absolute Gasteiger partial charge is 0.385 e. The molecule has 1 N–H and O–H groups in total. The zero-order chi connectivity index (χ0) is 13.7. The van der Waals surface area contributed by atoms with Gasteiger partial charge in [-0.3, -0.25) is 4.68 Å². The first-order chi connectivity index (χ1) is 9.19. The van der Waals surface area contributed by atoms with Crippen molar-refractivity contribution in [2.75, 3.05) is 11.9 Å². The first-order valence-electron chi connectivity index (χ1n) is 6.88. The van der Waals surface area contributed by atoms with Gasteiger partial charge in [-0.05, 0) is 25.5 Å². The third-order valence-electron chi connectivity index (χ3n) is 3.10. The van der Waals surface area contributed by atoms with E-state index in [1.165, 1.54) is 5.56 Å². The van der Waals surface area contributed by atoms with Crippen LogP contribution in [0.4, 0.5) is 5.69 Å². The Hall–Kier alpha value is -1.84. The summed E-state index contributed by atoms with van der Waals surface area (Å²) >= 11 is 0. The minimum absolute atomic E-state index is 0.876. The molecule has 0 aliphatic heterocycles. The summed E-state index contributed by atoms with van der Waals surface area (Å²) in [6, 6.07) is 8.44. The number of aryl methyl sites for hydroxylation is 3. The Balaban J connectivity index is 1.86. The van der Waals surface area contributed by atoms with Gasteiger partial charge in [0.2, 0.25) is 0 Å². The van der Waals surface area contributed by atoms with Gasteiger partial charge in [-0.25, -0.2) is 4.98 Å². The van der Waals surface area contributed by atoms with E-state index in [1.807, 2.05) is 11.7 Å². The third kappa shape index (κ3) is 3.81. The minimum atomic E-state index is 0.876. The van der Waals surface area contributed by atoms with E-state index in [0.29, 0.717) is 0 Å². The SMILES string of the molecule is CCCc1nc(CCNc2ccc(C)cc2)n(C)n1. The van der Waals surface area contributed by atoms with Gasteiger partial charge < -0.3 is 5.32 Å². The molecular formula is C15H22N4. The monoisotopic (exact) mass is 258 g/mol. The van der Waals surface area contributed by atoms with Crippen molar-refractivity contribution in [2.24, 2.45) is 7.05 Å². The maximum atomic E-state index is 4.56. The van der Waals surface area contributed by atoms with Crippen molar-refractivity contribution in [3.05, 3.63) is 41.5 Å². The zero-order valence-electron chi connectivity index (χ0n) is 12.0. The van der Waals surface area contributed by atoms with Crippen LogP contribution in [-0.4, -0.2) is 21.3 Å². The molecule has 0 amide bonds. The van der Waals surface area contributed by atoms with Crippen LogP contribution in [0.2, 0.25) is 0 Å². The number of rotatable bonds is 6. The van der Waals surface area contributed by atoms with Crippen LogP contribution in [0.5, 0.6) is 0 Å². The number of hydrogen-bond acceptors (Lipinski definition) is 3. The molecule has 0 spiro atoms. The lowest BCUT2D eigenvalue weighted by molar-refractivity contribution is 0.690. The summed E-state index contributed by atoms with van der Waals surface area (Å²) in [7, 11) is 1.97. The fourth-order valence-electron chi connectivity index (χ4n) is 2.01. The van der Waals surface area contributed by atoms with Crippen LogP contribution in [0.3, 0.4) is 0 Å². The van der Waals surface area contributed by atoms with Crippen molar-refractivity contribution in [3.8, 4) is 0 Å². The third-order valence-corrected chi connectivity index (χ3v) is 3.10. The number of anilines is 1. The van der Waals surface area contributed by atoms with Gasteiger partial charge in [0, 0.05) is 32.1 Å². The molecule has 0 bridgehead atoms. The van der Waals surface area contributed by atoms with Crippen LogP contribution < -0.4 is 5.32 Å². The molecule has 19 heavy (non-hydrogen) atoms. The molecule has 0 aliphatic carbocycles. The molecule has 0 atom stereocenters. The predicted octanol–water partition coefficient (Wildman–Crippen LogP) is 2.73. The maximum absolute atomic E-state index is 4.56. The van der Waals surface area contributed by atoms with Crippen LogP contribution in [0.25, 0.3) is 0 Å². The first-order valence-corrected chi connectivity index (χ1v) is 6.88. The number of nitrogens with zero attached hydrogens (tertiary/aromatic N) is 3. The molecule has 102 valence electrons. The van der Waals surface area contributed by atoms with Gasteiger partial charge in [-0.15, -0.1) is 0 Å². The number of benzene rings is 1. The average molecular weight is 258 g/mol. The lowest BCUT2D eigenvalue weighted by Gasteiger charge is -2.06. The van der Waals surface area contributed by atoms with E-state index in [-0.39, 0.29) is 0 Å². The molecule has 0 fully saturated rings. The summed E-state index contributed by atoms with van der Waals surface area (Å²) in [5.74, 6) is 2.00. The Labute approximate surface area is 114 Å². The molecule has 0 saturated heterocycles. The predicted molar refractivity (Wildman–Crippen MR) is 78.4 cm³/mol. The lowest BCUT2D eigenvalue weighted by Crippen LogP contribution is -2.09. The van der Waals surface area contributed by atoms with Gasteiger partial charge in [0.25, 0.3) is 0 Å². The standard InChI is InChI=1S/C15H22N4/c1-4-5-14-17-15(19(3)18-14)10-11-16-13-8-6-12(2)7-9-13/h6-9,16H,4-5,10-11H2,1-3H3. The van der Waals surface area contributed by atoms with E-state index in [4.69, 9.17) is 0 Å². The number of hydrogen-bond donors (Lipinski definition) is 1. The van der Waals surface area contributed by atoms with E-state index >= 15 is 0 Å². The molecule has 0 unspecified atom stereocenters. The van der Waals surface area contributed by atoms with E-state index in [2.05, 4.69) is 53.5 Å². The number of aromatic nitrogens is 3. The van der Waals surface area contributed by atoms with Gasteiger partial charge in [-0.1, -0.05) is 24.6 Å². The fraction of sp³-hybridized carbons (Fsp3) is 0.467. The first kappa shape index (κ1) is 13.6. The van der Waals surface area contributed by atoms with Crippen molar-refractivity contribution in [2.45, 2.75) is 33.1 Å². The van der Waals surface area contributed by atoms with Crippen LogP contribution in [-0.2, 0) is 19.9 Å². The minimum Gasteiger partial charge on any atom is -0.385 e. The lowest BCUT2D eigenvalue weighted by atomic mass is 10.2. The van der Waals surface area contributed by atoms with Crippen molar-refractivity contribution in [1.82, 2.24) is 14.8 Å². The van der Waals surface area contributed by atoms with Crippen LogP contribution in [0.15, 0.2) is 24.3 Å². The summed E-state index contributed by atoms with van der Waals surface area (Å²) in [5, 5.41) is 7.82. The average Bonchev–Trinajstić information content (AvgIpc) is 2.73. The van der Waals surface area contributed by atoms with Crippen molar-refractivity contribution >= 4 is 5.69 Å². The van der Waals surface area contributed by atoms with E-state index < -0.39 is 0 Å². The molecule has 4 heteroatoms. The summed E-state index contributed by atoms with van der Waals surface area (Å²) in [6.07, 6.45) is 2.94. The second-order valence-corrected chi connectivity index (χ2v) is 4.86. The Morgan fingerprint density at radius 3 is 2.58 bits per heavy atom. The van der Waals surface area contributed by atoms with Crippen LogP contribution in [0.1, 0.15) is 30.6 Å². The molecule has 1 aromatic carbocycles.